The summed E-state index contributed by atoms with van der Waals surface area (Å²) in [6, 6.07) is 9.68. The normalized spacial score (nSPS) is 13.1. The quantitative estimate of drug-likeness (QED) is 0.714. The topological polar surface area (TPSA) is 3.24 Å². The average molecular weight is 205 g/mol. The van der Waals surface area contributed by atoms with Crippen LogP contribution in [0.2, 0.25) is 0 Å². The summed E-state index contributed by atoms with van der Waals surface area (Å²) in [5.41, 5.74) is 2.89. The van der Waals surface area contributed by atoms with Gasteiger partial charge in [-0.1, -0.05) is 31.2 Å². The SMILES string of the molecule is CCc1ccc(CCC(C)N(C)C)cc1. The second-order valence-electron chi connectivity index (χ2n) is 4.52. The van der Waals surface area contributed by atoms with E-state index in [1.807, 2.05) is 0 Å². The molecule has 0 heterocycles. The second-order valence-corrected chi connectivity index (χ2v) is 4.52. The number of nitrogens with zero attached hydrogens (tertiary/aromatic N) is 1. The first-order chi connectivity index (χ1) is 7.13. The Morgan fingerprint density at radius 1 is 1.07 bits per heavy atom. The van der Waals surface area contributed by atoms with Gasteiger partial charge in [0, 0.05) is 6.04 Å². The summed E-state index contributed by atoms with van der Waals surface area (Å²) in [7, 11) is 4.29. The summed E-state index contributed by atoms with van der Waals surface area (Å²) in [6.45, 7) is 4.48. The van der Waals surface area contributed by atoms with Crippen molar-refractivity contribution in [2.24, 2.45) is 0 Å². The van der Waals surface area contributed by atoms with Crippen LogP contribution in [0, 0.1) is 0 Å². The second kappa shape index (κ2) is 5.92. The molecule has 0 radical (unpaired) electrons. The van der Waals surface area contributed by atoms with Gasteiger partial charge in [-0.15, -0.1) is 0 Å². The van der Waals surface area contributed by atoms with E-state index in [1.54, 1.807) is 0 Å². The van der Waals surface area contributed by atoms with Gasteiger partial charge in [-0.25, -0.2) is 0 Å². The van der Waals surface area contributed by atoms with E-state index in [9.17, 15) is 0 Å². The van der Waals surface area contributed by atoms with Gasteiger partial charge in [0.05, 0.1) is 0 Å². The summed E-state index contributed by atoms with van der Waals surface area (Å²) in [5.74, 6) is 0. The zero-order valence-corrected chi connectivity index (χ0v) is 10.5. The Morgan fingerprint density at radius 2 is 1.60 bits per heavy atom. The lowest BCUT2D eigenvalue weighted by atomic mass is 10.0. The van der Waals surface area contributed by atoms with Crippen molar-refractivity contribution in [3.05, 3.63) is 35.4 Å². The van der Waals surface area contributed by atoms with Gasteiger partial charge in [0.25, 0.3) is 0 Å². The number of rotatable bonds is 5. The molecular weight excluding hydrogens is 182 g/mol. The molecule has 0 aromatic heterocycles. The first-order valence-corrected chi connectivity index (χ1v) is 5.87. The zero-order chi connectivity index (χ0) is 11.3. The Kier molecular flexibility index (Phi) is 4.83. The summed E-state index contributed by atoms with van der Waals surface area (Å²) in [6.07, 6.45) is 3.55. The molecule has 1 aromatic carbocycles. The molecule has 0 amide bonds. The third kappa shape index (κ3) is 4.05. The minimum Gasteiger partial charge on any atom is -0.307 e. The first kappa shape index (κ1) is 12.3. The van der Waals surface area contributed by atoms with E-state index in [-0.39, 0.29) is 0 Å². The first-order valence-electron chi connectivity index (χ1n) is 5.87. The van der Waals surface area contributed by atoms with Crippen molar-refractivity contribution in [2.45, 2.75) is 39.2 Å². The lowest BCUT2D eigenvalue weighted by Crippen LogP contribution is -2.24. The van der Waals surface area contributed by atoms with Crippen molar-refractivity contribution in [1.29, 1.82) is 0 Å². The van der Waals surface area contributed by atoms with Gasteiger partial charge in [-0.2, -0.15) is 0 Å². The lowest BCUT2D eigenvalue weighted by molar-refractivity contribution is 0.299. The Hall–Kier alpha value is -0.820. The average Bonchev–Trinajstić information content (AvgIpc) is 2.26. The molecule has 0 fully saturated rings. The van der Waals surface area contributed by atoms with Gasteiger partial charge < -0.3 is 4.90 Å². The smallest absolute Gasteiger partial charge is 0.00640 e. The van der Waals surface area contributed by atoms with Crippen LogP contribution in [-0.4, -0.2) is 25.0 Å². The largest absolute Gasteiger partial charge is 0.307 e. The Labute approximate surface area is 94.1 Å². The molecule has 0 bridgehead atoms. The molecule has 15 heavy (non-hydrogen) atoms. The summed E-state index contributed by atoms with van der Waals surface area (Å²) in [4.78, 5) is 2.28. The van der Waals surface area contributed by atoms with Gasteiger partial charge in [-0.3, -0.25) is 0 Å². The molecule has 1 unspecified atom stereocenters. The summed E-state index contributed by atoms with van der Waals surface area (Å²) < 4.78 is 0. The molecule has 1 rings (SSSR count). The molecule has 0 aliphatic heterocycles. The highest BCUT2D eigenvalue weighted by atomic mass is 15.1. The number of aryl methyl sites for hydroxylation is 2. The molecule has 84 valence electrons. The highest BCUT2D eigenvalue weighted by Crippen LogP contribution is 2.09. The van der Waals surface area contributed by atoms with Crippen LogP contribution in [0.25, 0.3) is 0 Å². The standard InChI is InChI=1S/C14H23N/c1-5-13-8-10-14(11-9-13)7-6-12(2)15(3)4/h8-12H,5-7H2,1-4H3. The van der Waals surface area contributed by atoms with E-state index in [4.69, 9.17) is 0 Å². The van der Waals surface area contributed by atoms with Crippen LogP contribution in [0.3, 0.4) is 0 Å². The maximum absolute atomic E-state index is 2.28. The highest BCUT2D eigenvalue weighted by molar-refractivity contribution is 5.22. The van der Waals surface area contributed by atoms with Crippen molar-refractivity contribution >= 4 is 0 Å². The summed E-state index contributed by atoms with van der Waals surface area (Å²) >= 11 is 0. The number of hydrogen-bond acceptors (Lipinski definition) is 1. The van der Waals surface area contributed by atoms with Crippen molar-refractivity contribution in [3.63, 3.8) is 0 Å². The van der Waals surface area contributed by atoms with Crippen molar-refractivity contribution in [3.8, 4) is 0 Å². The molecule has 1 atom stereocenters. The molecule has 1 heteroatoms. The fourth-order valence-corrected chi connectivity index (χ4v) is 1.58. The van der Waals surface area contributed by atoms with E-state index in [0.717, 1.165) is 6.42 Å². The van der Waals surface area contributed by atoms with Gasteiger partial charge >= 0.3 is 0 Å². The predicted molar refractivity (Wildman–Crippen MR) is 67.3 cm³/mol. The van der Waals surface area contributed by atoms with Gasteiger partial charge in [0.1, 0.15) is 0 Å². The van der Waals surface area contributed by atoms with E-state index in [0.29, 0.717) is 6.04 Å². The van der Waals surface area contributed by atoms with Crippen molar-refractivity contribution < 1.29 is 0 Å². The molecule has 1 aromatic rings. The van der Waals surface area contributed by atoms with Gasteiger partial charge in [0.15, 0.2) is 0 Å². The van der Waals surface area contributed by atoms with Crippen LogP contribution in [0.1, 0.15) is 31.4 Å². The molecular formula is C14H23N. The third-order valence-corrected chi connectivity index (χ3v) is 3.16. The Balaban J connectivity index is 2.44. The van der Waals surface area contributed by atoms with Gasteiger partial charge in [0.2, 0.25) is 0 Å². The van der Waals surface area contributed by atoms with E-state index in [1.165, 1.54) is 24.0 Å². The third-order valence-electron chi connectivity index (χ3n) is 3.16. The molecule has 0 spiro atoms. The highest BCUT2D eigenvalue weighted by Gasteiger charge is 2.04. The zero-order valence-electron chi connectivity index (χ0n) is 10.5. The predicted octanol–water partition coefficient (Wildman–Crippen LogP) is 3.13. The summed E-state index contributed by atoms with van der Waals surface area (Å²) in [5, 5.41) is 0. The van der Waals surface area contributed by atoms with Crippen LogP contribution in [0.4, 0.5) is 0 Å². The lowest BCUT2D eigenvalue weighted by Gasteiger charge is -2.19. The van der Waals surface area contributed by atoms with Gasteiger partial charge in [-0.05, 0) is 51.4 Å². The molecule has 0 N–H and O–H groups in total. The maximum Gasteiger partial charge on any atom is 0.00640 e. The van der Waals surface area contributed by atoms with E-state index >= 15 is 0 Å². The van der Waals surface area contributed by atoms with E-state index in [2.05, 4.69) is 57.1 Å². The number of hydrogen-bond donors (Lipinski definition) is 0. The molecule has 0 aliphatic rings. The molecule has 0 saturated heterocycles. The monoisotopic (exact) mass is 205 g/mol. The fourth-order valence-electron chi connectivity index (χ4n) is 1.58. The number of benzene rings is 1. The van der Waals surface area contributed by atoms with Crippen molar-refractivity contribution in [1.82, 2.24) is 4.90 Å². The minimum atomic E-state index is 0.663. The molecule has 1 nitrogen and oxygen atoms in total. The van der Waals surface area contributed by atoms with Crippen LogP contribution >= 0.6 is 0 Å². The van der Waals surface area contributed by atoms with Crippen LogP contribution < -0.4 is 0 Å². The molecule has 0 aliphatic carbocycles. The Morgan fingerprint density at radius 3 is 2.07 bits per heavy atom. The molecule has 0 saturated carbocycles. The van der Waals surface area contributed by atoms with Crippen LogP contribution in [0.5, 0.6) is 0 Å². The van der Waals surface area contributed by atoms with E-state index < -0.39 is 0 Å². The minimum absolute atomic E-state index is 0.663. The Bertz CT molecular complexity index is 274. The maximum atomic E-state index is 2.28. The fraction of sp³-hybridized carbons (Fsp3) is 0.571. The van der Waals surface area contributed by atoms with Crippen molar-refractivity contribution in [2.75, 3.05) is 14.1 Å². The van der Waals surface area contributed by atoms with Crippen LogP contribution in [-0.2, 0) is 12.8 Å². The van der Waals surface area contributed by atoms with Crippen LogP contribution in [0.15, 0.2) is 24.3 Å².